The fourth-order valence-corrected chi connectivity index (χ4v) is 3.61. The molecule has 1 amide bonds. The molecule has 0 saturated heterocycles. The highest BCUT2D eigenvalue weighted by atomic mass is 16.4. The summed E-state index contributed by atoms with van der Waals surface area (Å²) in [5.74, 6) is -3.70. The van der Waals surface area contributed by atoms with Crippen molar-refractivity contribution in [1.82, 2.24) is 0 Å². The molecule has 31 heavy (non-hydrogen) atoms. The zero-order chi connectivity index (χ0) is 22.8. The summed E-state index contributed by atoms with van der Waals surface area (Å²) in [5, 5.41) is 21.9. The lowest BCUT2D eigenvalue weighted by Crippen LogP contribution is -2.40. The van der Waals surface area contributed by atoms with Gasteiger partial charge in [-0.3, -0.25) is 14.4 Å². The van der Waals surface area contributed by atoms with Crippen molar-refractivity contribution in [2.75, 3.05) is 5.32 Å². The van der Waals surface area contributed by atoms with Crippen LogP contribution in [0.1, 0.15) is 39.6 Å². The van der Waals surface area contributed by atoms with E-state index in [9.17, 15) is 29.4 Å². The Labute approximate surface area is 178 Å². The van der Waals surface area contributed by atoms with Gasteiger partial charge in [0.1, 0.15) is 0 Å². The van der Waals surface area contributed by atoms with E-state index in [-0.39, 0.29) is 17.0 Å². The van der Waals surface area contributed by atoms with Gasteiger partial charge in [0, 0.05) is 28.8 Å². The number of carboxylic acids is 2. The summed E-state index contributed by atoms with van der Waals surface area (Å²) < 4.78 is 0. The van der Waals surface area contributed by atoms with Gasteiger partial charge in [-0.2, -0.15) is 0 Å². The van der Waals surface area contributed by atoms with E-state index in [2.05, 4.69) is 5.32 Å². The second kappa shape index (κ2) is 8.39. The fourth-order valence-electron chi connectivity index (χ4n) is 3.61. The predicted molar refractivity (Wildman–Crippen MR) is 114 cm³/mol. The Kier molecular flexibility index (Phi) is 5.88. The van der Waals surface area contributed by atoms with Crippen LogP contribution in [0.2, 0.25) is 0 Å². The van der Waals surface area contributed by atoms with Crippen LogP contribution in [0.15, 0.2) is 71.8 Å². The number of carbonyl (C=O) groups excluding carboxylic acids is 2. The average Bonchev–Trinajstić information content (AvgIpc) is 2.73. The highest BCUT2D eigenvalue weighted by Crippen LogP contribution is 2.38. The number of hydrogen-bond acceptors (Lipinski definition) is 4. The van der Waals surface area contributed by atoms with E-state index in [0.717, 1.165) is 5.56 Å². The van der Waals surface area contributed by atoms with Crippen LogP contribution in [0, 0.1) is 12.3 Å². The maximum atomic E-state index is 13.1. The Morgan fingerprint density at radius 2 is 1.58 bits per heavy atom. The number of ketones is 1. The second-order valence-corrected chi connectivity index (χ2v) is 7.49. The number of Topliss-reactive ketones (excluding diaryl/α,β-unsaturated/α-hetero) is 1. The van der Waals surface area contributed by atoms with Crippen LogP contribution < -0.4 is 5.32 Å². The summed E-state index contributed by atoms with van der Waals surface area (Å²) in [4.78, 5) is 49.1. The molecule has 7 heteroatoms. The minimum atomic E-state index is -2.00. The molecular weight excluding hydrogens is 398 g/mol. The van der Waals surface area contributed by atoms with Crippen molar-refractivity contribution in [3.63, 3.8) is 0 Å². The van der Waals surface area contributed by atoms with Crippen molar-refractivity contribution in [2.45, 2.75) is 20.3 Å². The van der Waals surface area contributed by atoms with Gasteiger partial charge < -0.3 is 15.5 Å². The number of benzene rings is 2. The van der Waals surface area contributed by atoms with Crippen LogP contribution in [0.4, 0.5) is 5.69 Å². The van der Waals surface area contributed by atoms with E-state index < -0.39 is 29.6 Å². The summed E-state index contributed by atoms with van der Waals surface area (Å²) in [6, 6.07) is 13.0. The number of aliphatic carboxylic acids is 2. The Morgan fingerprint density at radius 1 is 0.935 bits per heavy atom. The number of carbonyl (C=O) groups is 4. The van der Waals surface area contributed by atoms with Gasteiger partial charge in [0.15, 0.2) is 11.2 Å². The number of carboxylic acid groups (broad SMARTS) is 2. The first-order valence-corrected chi connectivity index (χ1v) is 9.52. The molecule has 1 atom stereocenters. The van der Waals surface area contributed by atoms with Gasteiger partial charge in [-0.25, -0.2) is 4.79 Å². The van der Waals surface area contributed by atoms with Gasteiger partial charge in [0.05, 0.1) is 0 Å². The van der Waals surface area contributed by atoms with Crippen LogP contribution >= 0.6 is 0 Å². The second-order valence-electron chi connectivity index (χ2n) is 7.49. The maximum absolute atomic E-state index is 13.1. The van der Waals surface area contributed by atoms with Gasteiger partial charge in [-0.15, -0.1) is 0 Å². The van der Waals surface area contributed by atoms with Gasteiger partial charge in [0.2, 0.25) is 0 Å². The Morgan fingerprint density at radius 3 is 2.16 bits per heavy atom. The molecule has 0 aliphatic heterocycles. The van der Waals surface area contributed by atoms with Crippen molar-refractivity contribution in [3.05, 3.63) is 88.5 Å². The average molecular weight is 419 g/mol. The van der Waals surface area contributed by atoms with Crippen molar-refractivity contribution < 1.29 is 29.4 Å². The number of hydrogen-bond donors (Lipinski definition) is 3. The molecule has 0 fully saturated rings. The third-order valence-corrected chi connectivity index (χ3v) is 5.20. The van der Waals surface area contributed by atoms with E-state index >= 15 is 0 Å². The zero-order valence-corrected chi connectivity index (χ0v) is 17.0. The monoisotopic (exact) mass is 419 g/mol. The molecule has 0 spiro atoms. The molecule has 1 aliphatic carbocycles. The van der Waals surface area contributed by atoms with E-state index in [4.69, 9.17) is 0 Å². The summed E-state index contributed by atoms with van der Waals surface area (Å²) in [7, 11) is 0. The highest BCUT2D eigenvalue weighted by Gasteiger charge is 2.47. The molecule has 2 aromatic rings. The molecule has 0 bridgehead atoms. The molecule has 0 saturated carbocycles. The van der Waals surface area contributed by atoms with Crippen LogP contribution in [-0.4, -0.2) is 33.8 Å². The number of anilines is 1. The number of rotatable bonds is 6. The summed E-state index contributed by atoms with van der Waals surface area (Å²) >= 11 is 0. The number of aryl methyl sites for hydroxylation is 1. The standard InChI is InChI=1S/C24H21NO6/c1-14-11-17(22(28)29)13-24(12-14,23(30)31)20(26)16-7-9-18(10-8-16)25-21(27)19-6-4-3-5-15(19)2/h3-12H,13H2,1-2H3,(H,25,27)(H,28,29)(H,30,31). The molecule has 1 aliphatic rings. The molecule has 2 aromatic carbocycles. The number of nitrogens with one attached hydrogen (secondary N) is 1. The van der Waals surface area contributed by atoms with Gasteiger partial charge in [-0.05, 0) is 55.8 Å². The lowest BCUT2D eigenvalue weighted by Gasteiger charge is -2.28. The molecule has 0 aromatic heterocycles. The SMILES string of the molecule is CC1=CC(C(=O)O)(C(=O)c2ccc(NC(=O)c3ccccc3C)cc2)CC(C(=O)O)=C1. The first kappa shape index (κ1) is 21.7. The van der Waals surface area contributed by atoms with Crippen molar-refractivity contribution in [3.8, 4) is 0 Å². The minimum Gasteiger partial charge on any atom is -0.480 e. The van der Waals surface area contributed by atoms with Crippen LogP contribution in [0.25, 0.3) is 0 Å². The third kappa shape index (κ3) is 4.30. The van der Waals surface area contributed by atoms with E-state index in [1.165, 1.54) is 36.4 Å². The van der Waals surface area contributed by atoms with Gasteiger partial charge in [0.25, 0.3) is 5.91 Å². The summed E-state index contributed by atoms with van der Waals surface area (Å²) in [6.45, 7) is 3.37. The van der Waals surface area contributed by atoms with Crippen LogP contribution in [0.3, 0.4) is 0 Å². The fraction of sp³-hybridized carbons (Fsp3) is 0.167. The van der Waals surface area contributed by atoms with Crippen molar-refractivity contribution in [1.29, 1.82) is 0 Å². The van der Waals surface area contributed by atoms with Gasteiger partial charge in [-0.1, -0.05) is 29.8 Å². The highest BCUT2D eigenvalue weighted by molar-refractivity contribution is 6.15. The predicted octanol–water partition coefficient (Wildman–Crippen LogP) is 3.86. The molecule has 1 unspecified atom stereocenters. The molecule has 3 rings (SSSR count). The third-order valence-electron chi connectivity index (χ3n) is 5.20. The first-order valence-electron chi connectivity index (χ1n) is 9.52. The topological polar surface area (TPSA) is 121 Å². The first-order chi connectivity index (χ1) is 14.6. The maximum Gasteiger partial charge on any atom is 0.331 e. The zero-order valence-electron chi connectivity index (χ0n) is 17.0. The summed E-state index contributed by atoms with van der Waals surface area (Å²) in [5.41, 5.74) is 0.126. The van der Waals surface area contributed by atoms with Crippen molar-refractivity contribution in [2.24, 2.45) is 5.41 Å². The van der Waals surface area contributed by atoms with Crippen LogP contribution in [-0.2, 0) is 9.59 Å². The normalized spacial score (nSPS) is 17.9. The van der Waals surface area contributed by atoms with E-state index in [1.807, 2.05) is 19.1 Å². The Bertz CT molecular complexity index is 1140. The minimum absolute atomic E-state index is 0.104. The molecule has 0 heterocycles. The summed E-state index contributed by atoms with van der Waals surface area (Å²) in [6.07, 6.45) is 2.21. The van der Waals surface area contributed by atoms with E-state index in [0.29, 0.717) is 16.8 Å². The van der Waals surface area contributed by atoms with E-state index in [1.54, 1.807) is 19.1 Å². The smallest absolute Gasteiger partial charge is 0.331 e. The number of amides is 1. The molecule has 158 valence electrons. The van der Waals surface area contributed by atoms with Crippen molar-refractivity contribution >= 4 is 29.3 Å². The molecule has 3 N–H and O–H groups in total. The quantitative estimate of drug-likeness (QED) is 0.483. The molecule has 7 nitrogen and oxygen atoms in total. The lowest BCUT2D eigenvalue weighted by atomic mass is 9.71. The van der Waals surface area contributed by atoms with Crippen LogP contribution in [0.5, 0.6) is 0 Å². The molecule has 0 radical (unpaired) electrons. The van der Waals surface area contributed by atoms with Gasteiger partial charge >= 0.3 is 11.9 Å². The Balaban J connectivity index is 1.86. The Hall–Kier alpha value is -4.00. The largest absolute Gasteiger partial charge is 0.480 e. The number of allylic oxidation sites excluding steroid dienone is 2. The lowest BCUT2D eigenvalue weighted by molar-refractivity contribution is -0.143. The molecular formula is C24H21NO6.